The Hall–Kier alpha value is -1.95. The van der Waals surface area contributed by atoms with Gasteiger partial charge in [-0.3, -0.25) is 4.79 Å². The first-order valence-electron chi connectivity index (χ1n) is 8.66. The summed E-state index contributed by atoms with van der Waals surface area (Å²) in [4.78, 5) is 23.8. The predicted molar refractivity (Wildman–Crippen MR) is 102 cm³/mol. The number of methoxy groups -OCH3 is 1. The van der Waals surface area contributed by atoms with Crippen LogP contribution in [0.25, 0.3) is 0 Å². The number of hydrogen-bond acceptors (Lipinski definition) is 5. The number of carbonyl (C=O) groups is 2. The molecule has 27 heavy (non-hydrogen) atoms. The predicted octanol–water partition coefficient (Wildman–Crippen LogP) is 3.24. The second-order valence-corrected chi connectivity index (χ2v) is 7.96. The van der Waals surface area contributed by atoms with Gasteiger partial charge in [0.15, 0.2) is 5.78 Å². The first-order chi connectivity index (χ1) is 12.6. The van der Waals surface area contributed by atoms with Gasteiger partial charge in [-0.25, -0.2) is 4.79 Å². The molecule has 2 rings (SSSR count). The molecular formula is C19H23BrN2O5. The lowest BCUT2D eigenvalue weighted by molar-refractivity contribution is -0.0933. The zero-order valence-electron chi connectivity index (χ0n) is 15.3. The summed E-state index contributed by atoms with van der Waals surface area (Å²) in [5.74, 6) is -0.423. The first kappa shape index (κ1) is 21.4. The quantitative estimate of drug-likeness (QED) is 0.586. The smallest absolute Gasteiger partial charge is 0.404 e. The number of nitrogens with zero attached hydrogens (tertiary/aromatic N) is 1. The Bertz CT molecular complexity index is 766. The monoisotopic (exact) mass is 438 g/mol. The number of rotatable bonds is 6. The molecule has 1 aromatic carbocycles. The Morgan fingerprint density at radius 2 is 2.00 bits per heavy atom. The van der Waals surface area contributed by atoms with Gasteiger partial charge in [0.2, 0.25) is 0 Å². The van der Waals surface area contributed by atoms with Crippen LogP contribution in [0, 0.1) is 11.3 Å². The number of hydrogen-bond donors (Lipinski definition) is 3. The van der Waals surface area contributed by atoms with Crippen molar-refractivity contribution in [3.8, 4) is 6.07 Å². The highest BCUT2D eigenvalue weighted by molar-refractivity contribution is 9.10. The molecular weight excluding hydrogens is 416 g/mol. The highest BCUT2D eigenvalue weighted by atomic mass is 79.9. The molecule has 1 aromatic rings. The minimum absolute atomic E-state index is 0.197. The standard InChI is InChI=1S/C19H23BrN2O5/c1-12(22-17(24)25)10-18(27-2)5-7-19(26,8-6-18)16(23)14-9-13(11-21)3-4-15(14)20/h3-4,9,12,22,26H,5-8,10H2,1-2H3,(H,24,25)/t12-,18?,19?/m0/s1. The molecule has 1 fully saturated rings. The van der Waals surface area contributed by atoms with E-state index in [0.29, 0.717) is 29.3 Å². The first-order valence-corrected chi connectivity index (χ1v) is 9.45. The van der Waals surface area contributed by atoms with Crippen molar-refractivity contribution in [3.05, 3.63) is 33.8 Å². The number of halogens is 1. The lowest BCUT2D eigenvalue weighted by atomic mass is 9.71. The van der Waals surface area contributed by atoms with E-state index in [-0.39, 0.29) is 24.4 Å². The Balaban J connectivity index is 2.15. The maximum absolute atomic E-state index is 13.0. The molecule has 0 unspecified atom stereocenters. The summed E-state index contributed by atoms with van der Waals surface area (Å²) >= 11 is 3.31. The summed E-state index contributed by atoms with van der Waals surface area (Å²) < 4.78 is 6.19. The summed E-state index contributed by atoms with van der Waals surface area (Å²) in [6.45, 7) is 1.76. The van der Waals surface area contributed by atoms with Crippen molar-refractivity contribution in [2.75, 3.05) is 7.11 Å². The number of benzene rings is 1. The molecule has 1 aliphatic carbocycles. The maximum atomic E-state index is 13.0. The lowest BCUT2D eigenvalue weighted by Crippen LogP contribution is -2.51. The van der Waals surface area contributed by atoms with Crippen LogP contribution in [0.3, 0.4) is 0 Å². The number of nitrogens with one attached hydrogen (secondary N) is 1. The number of ketones is 1. The average molecular weight is 439 g/mol. The third kappa shape index (κ3) is 4.86. The van der Waals surface area contributed by atoms with Crippen LogP contribution in [0.5, 0.6) is 0 Å². The third-order valence-electron chi connectivity index (χ3n) is 5.23. The van der Waals surface area contributed by atoms with E-state index < -0.39 is 23.1 Å². The van der Waals surface area contributed by atoms with E-state index in [9.17, 15) is 14.7 Å². The Kier molecular flexibility index (Phi) is 6.63. The van der Waals surface area contributed by atoms with Crippen LogP contribution >= 0.6 is 15.9 Å². The van der Waals surface area contributed by atoms with Gasteiger partial charge in [-0.15, -0.1) is 0 Å². The van der Waals surface area contributed by atoms with Gasteiger partial charge in [-0.2, -0.15) is 5.26 Å². The largest absolute Gasteiger partial charge is 0.465 e. The van der Waals surface area contributed by atoms with E-state index in [2.05, 4.69) is 21.2 Å². The molecule has 0 radical (unpaired) electrons. The van der Waals surface area contributed by atoms with Crippen molar-refractivity contribution >= 4 is 27.8 Å². The van der Waals surface area contributed by atoms with Crippen molar-refractivity contribution in [1.29, 1.82) is 5.26 Å². The summed E-state index contributed by atoms with van der Waals surface area (Å²) in [5, 5.41) is 31.3. The van der Waals surface area contributed by atoms with Crippen LogP contribution < -0.4 is 5.32 Å². The van der Waals surface area contributed by atoms with E-state index in [4.69, 9.17) is 15.1 Å². The Morgan fingerprint density at radius 1 is 1.37 bits per heavy atom. The van der Waals surface area contributed by atoms with Gasteiger partial charge in [-0.05, 0) is 57.2 Å². The molecule has 146 valence electrons. The third-order valence-corrected chi connectivity index (χ3v) is 5.92. The highest BCUT2D eigenvalue weighted by Gasteiger charge is 2.47. The number of aliphatic hydroxyl groups is 1. The lowest BCUT2D eigenvalue weighted by Gasteiger charge is -2.43. The maximum Gasteiger partial charge on any atom is 0.404 e. The minimum Gasteiger partial charge on any atom is -0.465 e. The van der Waals surface area contributed by atoms with Gasteiger partial charge in [0.1, 0.15) is 5.60 Å². The topological polar surface area (TPSA) is 120 Å². The second kappa shape index (κ2) is 8.38. The number of amides is 1. The van der Waals surface area contributed by atoms with Gasteiger partial charge >= 0.3 is 6.09 Å². The van der Waals surface area contributed by atoms with E-state index in [1.165, 1.54) is 6.07 Å². The molecule has 1 saturated carbocycles. The zero-order chi connectivity index (χ0) is 20.2. The molecule has 0 heterocycles. The molecule has 3 N–H and O–H groups in total. The number of carboxylic acid groups (broad SMARTS) is 1. The van der Waals surface area contributed by atoms with Gasteiger partial charge in [0.05, 0.1) is 17.2 Å². The van der Waals surface area contributed by atoms with Crippen LogP contribution in [-0.4, -0.2) is 46.4 Å². The van der Waals surface area contributed by atoms with E-state index >= 15 is 0 Å². The van der Waals surface area contributed by atoms with Crippen LogP contribution in [0.1, 0.15) is 54.9 Å². The molecule has 1 aliphatic rings. The van der Waals surface area contributed by atoms with Crippen LogP contribution in [0.15, 0.2) is 22.7 Å². The molecule has 1 atom stereocenters. The van der Waals surface area contributed by atoms with Gasteiger partial charge in [-0.1, -0.05) is 15.9 Å². The Morgan fingerprint density at radius 3 is 2.52 bits per heavy atom. The van der Waals surface area contributed by atoms with Gasteiger partial charge < -0.3 is 20.3 Å². The minimum atomic E-state index is -1.54. The van der Waals surface area contributed by atoms with Crippen molar-refractivity contribution in [1.82, 2.24) is 5.32 Å². The fraction of sp³-hybridized carbons (Fsp3) is 0.526. The molecule has 8 heteroatoms. The SMILES string of the molecule is COC1(C[C@H](C)NC(=O)O)CCC(O)(C(=O)c2cc(C#N)ccc2Br)CC1. The Labute approximate surface area is 166 Å². The molecule has 0 aromatic heterocycles. The number of ether oxygens (including phenoxy) is 1. The van der Waals surface area contributed by atoms with Crippen LogP contribution in [0.2, 0.25) is 0 Å². The van der Waals surface area contributed by atoms with E-state index in [1.54, 1.807) is 26.2 Å². The number of Topliss-reactive ketones (excluding diaryl/α,β-unsaturated/α-hetero) is 1. The van der Waals surface area contributed by atoms with Gasteiger partial charge in [0.25, 0.3) is 0 Å². The molecule has 1 amide bonds. The normalized spacial score (nSPS) is 26.0. The number of carbonyl (C=O) groups excluding carboxylic acids is 1. The van der Waals surface area contributed by atoms with E-state index in [1.807, 2.05) is 6.07 Å². The molecule has 7 nitrogen and oxygen atoms in total. The summed E-state index contributed by atoms with van der Waals surface area (Å²) in [6.07, 6.45) is 0.595. The second-order valence-electron chi connectivity index (χ2n) is 7.11. The summed E-state index contributed by atoms with van der Waals surface area (Å²) in [5.41, 5.74) is -1.51. The van der Waals surface area contributed by atoms with Crippen molar-refractivity contribution < 1.29 is 24.5 Å². The van der Waals surface area contributed by atoms with Gasteiger partial charge in [0, 0.05) is 23.2 Å². The summed E-state index contributed by atoms with van der Waals surface area (Å²) in [7, 11) is 1.56. The molecule has 0 spiro atoms. The summed E-state index contributed by atoms with van der Waals surface area (Å²) in [6, 6.07) is 6.37. The van der Waals surface area contributed by atoms with Crippen molar-refractivity contribution in [2.45, 2.75) is 56.3 Å². The van der Waals surface area contributed by atoms with Crippen LogP contribution in [0.4, 0.5) is 4.79 Å². The highest BCUT2D eigenvalue weighted by Crippen LogP contribution is 2.42. The molecule has 0 bridgehead atoms. The average Bonchev–Trinajstić information content (AvgIpc) is 2.63. The molecule has 0 saturated heterocycles. The molecule has 0 aliphatic heterocycles. The fourth-order valence-corrected chi connectivity index (χ4v) is 4.10. The van der Waals surface area contributed by atoms with E-state index in [0.717, 1.165) is 0 Å². The number of nitriles is 1. The van der Waals surface area contributed by atoms with Crippen molar-refractivity contribution in [3.63, 3.8) is 0 Å². The van der Waals surface area contributed by atoms with Crippen molar-refractivity contribution in [2.24, 2.45) is 0 Å². The zero-order valence-corrected chi connectivity index (χ0v) is 16.9. The van der Waals surface area contributed by atoms with Crippen LogP contribution in [-0.2, 0) is 4.74 Å². The fourth-order valence-electron chi connectivity index (χ4n) is 3.68.